The van der Waals surface area contributed by atoms with Gasteiger partial charge in [0.05, 0.1) is 0 Å². The van der Waals surface area contributed by atoms with Crippen molar-refractivity contribution in [3.8, 4) is 0 Å². The summed E-state index contributed by atoms with van der Waals surface area (Å²) >= 11 is 1.36. The molecule has 6 heteroatoms. The Morgan fingerprint density at radius 1 is 1.25 bits per heavy atom. The van der Waals surface area contributed by atoms with E-state index in [4.69, 9.17) is 15.6 Å². The summed E-state index contributed by atoms with van der Waals surface area (Å²) in [5.41, 5.74) is 6.69. The molecular weight excluding hydrogens is 424 g/mol. The van der Waals surface area contributed by atoms with Crippen molar-refractivity contribution in [3.63, 3.8) is 0 Å². The van der Waals surface area contributed by atoms with Crippen LogP contribution < -0.4 is 24.8 Å². The molecule has 24 heavy (non-hydrogen) atoms. The Morgan fingerprint density at radius 3 is 1.96 bits per heavy atom. The van der Waals surface area contributed by atoms with Crippen LogP contribution in [-0.2, 0) is 29.0 Å². The van der Waals surface area contributed by atoms with Crippen molar-refractivity contribution in [1.82, 2.24) is 0 Å². The third-order valence-electron chi connectivity index (χ3n) is 1.85. The average Bonchev–Trinajstić information content (AvgIpc) is 2.86. The zero-order valence-electron chi connectivity index (χ0n) is 15.1. The third kappa shape index (κ3) is 26.9. The zero-order chi connectivity index (χ0) is 17.6. The number of hydrogen-bond donors (Lipinski definition) is 1. The van der Waals surface area contributed by atoms with E-state index in [-0.39, 0.29) is 37.0 Å². The number of hydrogen-bond acceptors (Lipinski definition) is 2. The van der Waals surface area contributed by atoms with Crippen molar-refractivity contribution in [2.75, 3.05) is 13.7 Å². The van der Waals surface area contributed by atoms with Crippen molar-refractivity contribution in [3.05, 3.63) is 55.1 Å². The summed E-state index contributed by atoms with van der Waals surface area (Å²) in [4.78, 5) is 0. The molecule has 0 spiro atoms. The molecule has 0 saturated carbocycles. The van der Waals surface area contributed by atoms with Crippen LogP contribution >= 0.6 is 0 Å². The molecule has 0 fully saturated rings. The molecule has 2 aromatic carbocycles. The van der Waals surface area contributed by atoms with Gasteiger partial charge in [-0.2, -0.15) is 17.5 Å². The number of methoxy groups -OCH3 is 1. The molecular formula is C18H28Cl2NO2Zr-3. The first kappa shape index (κ1) is 31.8. The van der Waals surface area contributed by atoms with Crippen LogP contribution in [-0.4, -0.2) is 27.8 Å². The normalized spacial score (nSPS) is 8.75. The molecule has 3 nitrogen and oxygen atoms in total. The zero-order valence-corrected chi connectivity index (χ0v) is 19.0. The Hall–Kier alpha value is 0.0431. The Morgan fingerprint density at radius 2 is 1.62 bits per heavy atom. The summed E-state index contributed by atoms with van der Waals surface area (Å²) in [6, 6.07) is 14.7. The maximum absolute atomic E-state index is 7.46. The number of aliphatic hydroxyl groups is 1. The molecule has 0 aliphatic heterocycles. The van der Waals surface area contributed by atoms with Crippen LogP contribution in [0.3, 0.4) is 0 Å². The molecule has 2 N–H and O–H groups in total. The van der Waals surface area contributed by atoms with Crippen molar-refractivity contribution in [2.24, 2.45) is 0 Å². The number of fused-ring (bicyclic) bond motifs is 1. The molecule has 0 aliphatic carbocycles. The molecule has 2 rings (SSSR count). The summed E-state index contributed by atoms with van der Waals surface area (Å²) in [7, 11) is 1.68. The van der Waals surface area contributed by atoms with E-state index < -0.39 is 0 Å². The Labute approximate surface area is 174 Å². The molecule has 2 aromatic rings. The molecule has 0 aliphatic rings. The molecule has 0 atom stereocenters. The van der Waals surface area contributed by atoms with Crippen LogP contribution in [0.1, 0.15) is 27.7 Å². The van der Waals surface area contributed by atoms with Gasteiger partial charge >= 0.3 is 46.4 Å². The first-order chi connectivity index (χ1) is 10.2. The van der Waals surface area contributed by atoms with Gasteiger partial charge in [0.15, 0.2) is 0 Å². The second kappa shape index (κ2) is 19.4. The van der Waals surface area contributed by atoms with Gasteiger partial charge in [-0.05, 0) is 0 Å². The quantitative estimate of drug-likeness (QED) is 0.539. The van der Waals surface area contributed by atoms with Gasteiger partial charge in [-0.25, -0.2) is 0 Å². The first-order valence-electron chi connectivity index (χ1n) is 7.00. The number of benzene rings is 1. The second-order valence-electron chi connectivity index (χ2n) is 5.39. The van der Waals surface area contributed by atoms with Gasteiger partial charge in [0.2, 0.25) is 0 Å². The van der Waals surface area contributed by atoms with Gasteiger partial charge in [0, 0.05) is 0 Å². The fourth-order valence-electron chi connectivity index (χ4n) is 1.07. The van der Waals surface area contributed by atoms with E-state index in [9.17, 15) is 0 Å². The van der Waals surface area contributed by atoms with Crippen LogP contribution in [0.2, 0.25) is 0 Å². The minimum atomic E-state index is -0.250. The van der Waals surface area contributed by atoms with Crippen LogP contribution in [0.15, 0.2) is 42.5 Å². The molecule has 0 radical (unpaired) electrons. The maximum Gasteiger partial charge on any atom is -0.0809 e. The number of nitrogens with one attached hydrogen (secondary N) is 1. The van der Waals surface area contributed by atoms with E-state index >= 15 is 0 Å². The summed E-state index contributed by atoms with van der Waals surface area (Å²) in [5.74, 6) is 0. The minimum absolute atomic E-state index is 0. The Bertz CT molecular complexity index is 475. The predicted octanol–water partition coefficient (Wildman–Crippen LogP) is -1.45. The number of rotatable bonds is 1. The van der Waals surface area contributed by atoms with Gasteiger partial charge in [-0.15, -0.1) is 35.2 Å². The molecule has 0 heterocycles. The molecule has 0 aromatic heterocycles. The minimum Gasteiger partial charge on any atom is -1.00 e. The maximum atomic E-state index is 7.46. The van der Waals surface area contributed by atoms with E-state index in [0.717, 1.165) is 3.39 Å². The van der Waals surface area contributed by atoms with Gasteiger partial charge in [-0.3, -0.25) is 0 Å². The van der Waals surface area contributed by atoms with E-state index in [0.29, 0.717) is 0 Å². The van der Waals surface area contributed by atoms with Crippen LogP contribution in [0.5, 0.6) is 0 Å². The van der Waals surface area contributed by atoms with E-state index in [2.05, 4.69) is 49.4 Å². The number of aliphatic hydroxyl groups excluding tert-OH is 1. The van der Waals surface area contributed by atoms with Gasteiger partial charge < -0.3 is 42.6 Å². The van der Waals surface area contributed by atoms with E-state index in [1.165, 1.54) is 35.0 Å². The molecule has 0 unspecified atom stereocenters. The van der Waals surface area contributed by atoms with Crippen LogP contribution in [0, 0.1) is 6.92 Å². The monoisotopic (exact) mass is 450 g/mol. The Kier molecular flexibility index (Phi) is 25.6. The summed E-state index contributed by atoms with van der Waals surface area (Å²) in [6.07, 6.45) is 0. The topological polar surface area (TPSA) is 53.3 Å². The summed E-state index contributed by atoms with van der Waals surface area (Å²) in [5, 5.41) is 10.1. The standard InChI is InChI=1S/C9H7.C4H10N.C3H6O.C2H5O.2ClH.Zr/c1-2-5-9-7-3-6-8(9)4-1;1-4(2,3)5;1-3-4-2;1-2-3;;;/h1-7H;5H,1-3H3;1-2H3;3H,1-2H2;2*1H;/q2*-1;;-1;;;+2/p-2. The van der Waals surface area contributed by atoms with Crippen molar-refractivity contribution >= 4 is 14.2 Å². The smallest absolute Gasteiger partial charge is 0.0809 e. The summed E-state index contributed by atoms with van der Waals surface area (Å²) < 4.78 is 5.80. The first-order valence-corrected chi connectivity index (χ1v) is 8.23. The third-order valence-corrected chi connectivity index (χ3v) is 2.36. The molecule has 0 amide bonds. The SMILES string of the molecule is CC(C)(C)[NH-].CO[C](C)=[Zr+2].[CH2-]CO.[Cl-].[Cl-].c1ccc2[cH-]ccc2c1. The summed E-state index contributed by atoms with van der Waals surface area (Å²) in [6.45, 7) is 10.6. The van der Waals surface area contributed by atoms with Crippen molar-refractivity contribution in [2.45, 2.75) is 33.2 Å². The average molecular weight is 453 g/mol. The number of halogens is 2. The van der Waals surface area contributed by atoms with Crippen molar-refractivity contribution in [1.29, 1.82) is 0 Å². The van der Waals surface area contributed by atoms with Crippen molar-refractivity contribution < 1.29 is 58.9 Å². The number of ether oxygens (including phenoxy) is 1. The second-order valence-corrected chi connectivity index (χ2v) is 7.12. The van der Waals surface area contributed by atoms with Gasteiger partial charge in [0.25, 0.3) is 0 Å². The fraction of sp³-hybridized carbons (Fsp3) is 0.389. The predicted molar refractivity (Wildman–Crippen MR) is 93.7 cm³/mol. The fourth-order valence-corrected chi connectivity index (χ4v) is 1.07. The Balaban J connectivity index is -0.000000118. The van der Waals surface area contributed by atoms with E-state index in [1.807, 2.05) is 27.7 Å². The van der Waals surface area contributed by atoms with Crippen LogP contribution in [0.25, 0.3) is 16.5 Å². The van der Waals surface area contributed by atoms with Crippen LogP contribution in [0.4, 0.5) is 0 Å². The van der Waals surface area contributed by atoms with Gasteiger partial charge in [-0.1, -0.05) is 33.4 Å². The van der Waals surface area contributed by atoms with Gasteiger partial charge in [0.1, 0.15) is 0 Å². The molecule has 0 saturated heterocycles. The molecule has 0 bridgehead atoms. The molecule has 138 valence electrons. The van der Waals surface area contributed by atoms with E-state index in [1.54, 1.807) is 7.11 Å². The largest absolute Gasteiger partial charge is 1.00 e.